The van der Waals surface area contributed by atoms with Crippen LogP contribution in [-0.4, -0.2) is 33.8 Å². The van der Waals surface area contributed by atoms with E-state index in [0.717, 1.165) is 32.5 Å². The predicted octanol–water partition coefficient (Wildman–Crippen LogP) is 3.20. The third-order valence-corrected chi connectivity index (χ3v) is 5.23. The summed E-state index contributed by atoms with van der Waals surface area (Å²) in [7, 11) is 1.78. The number of hydrogen-bond acceptors (Lipinski definition) is 7. The number of rotatable bonds is 4. The molecule has 7 heteroatoms. The molecule has 0 amide bonds. The minimum atomic E-state index is 0.478. The number of nitrogen functional groups attached to an aromatic ring is 1. The largest absolute Gasteiger partial charge is 0.383 e. The Morgan fingerprint density at radius 2 is 2.00 bits per heavy atom. The van der Waals surface area contributed by atoms with Gasteiger partial charge in [0.2, 0.25) is 5.95 Å². The summed E-state index contributed by atoms with van der Waals surface area (Å²) in [5.74, 6) is 1.10. The average molecular weight is 330 g/mol. The van der Waals surface area contributed by atoms with E-state index in [1.165, 1.54) is 19.3 Å². The SMILES string of the molecule is CN=C(C)c1nc(-c2c(C)nc(NC3CCC3)nc2N)sc1C. The maximum Gasteiger partial charge on any atom is 0.225 e. The summed E-state index contributed by atoms with van der Waals surface area (Å²) >= 11 is 1.60. The molecule has 0 unspecified atom stereocenters. The van der Waals surface area contributed by atoms with Gasteiger partial charge in [0.1, 0.15) is 10.8 Å². The number of aliphatic imine (C=N–C) groups is 1. The molecule has 2 aromatic rings. The highest BCUT2D eigenvalue weighted by Crippen LogP contribution is 2.34. The summed E-state index contributed by atoms with van der Waals surface area (Å²) in [4.78, 5) is 19.0. The molecule has 2 aromatic heterocycles. The van der Waals surface area contributed by atoms with Gasteiger partial charge in [0.05, 0.1) is 22.7 Å². The van der Waals surface area contributed by atoms with Crippen molar-refractivity contribution < 1.29 is 0 Å². The zero-order valence-corrected chi connectivity index (χ0v) is 14.8. The lowest BCUT2D eigenvalue weighted by molar-refractivity contribution is 0.443. The van der Waals surface area contributed by atoms with Gasteiger partial charge in [0.25, 0.3) is 0 Å². The van der Waals surface area contributed by atoms with Crippen LogP contribution in [0.25, 0.3) is 10.6 Å². The Labute approximate surface area is 140 Å². The van der Waals surface area contributed by atoms with E-state index >= 15 is 0 Å². The first kappa shape index (κ1) is 15.9. The van der Waals surface area contributed by atoms with Gasteiger partial charge in [0, 0.05) is 18.0 Å². The molecule has 0 spiro atoms. The fourth-order valence-corrected chi connectivity index (χ4v) is 3.68. The summed E-state index contributed by atoms with van der Waals surface area (Å²) in [5, 5.41) is 4.20. The van der Waals surface area contributed by atoms with Crippen molar-refractivity contribution >= 4 is 28.8 Å². The second-order valence-electron chi connectivity index (χ2n) is 5.90. The van der Waals surface area contributed by atoms with Crippen LogP contribution in [-0.2, 0) is 0 Å². The van der Waals surface area contributed by atoms with Gasteiger partial charge < -0.3 is 11.1 Å². The Balaban J connectivity index is 1.96. The molecule has 2 heterocycles. The molecule has 1 fully saturated rings. The molecule has 0 atom stereocenters. The number of nitrogens with one attached hydrogen (secondary N) is 1. The number of anilines is 2. The Bertz CT molecular complexity index is 737. The summed E-state index contributed by atoms with van der Waals surface area (Å²) in [6, 6.07) is 0.483. The van der Waals surface area contributed by atoms with Crippen LogP contribution in [0.3, 0.4) is 0 Å². The quantitative estimate of drug-likeness (QED) is 0.840. The van der Waals surface area contributed by atoms with Crippen molar-refractivity contribution in [3.05, 3.63) is 16.3 Å². The van der Waals surface area contributed by atoms with Crippen molar-refractivity contribution in [2.75, 3.05) is 18.1 Å². The highest BCUT2D eigenvalue weighted by atomic mass is 32.1. The van der Waals surface area contributed by atoms with E-state index in [-0.39, 0.29) is 0 Å². The maximum atomic E-state index is 6.20. The van der Waals surface area contributed by atoms with Crippen molar-refractivity contribution in [3.8, 4) is 10.6 Å². The molecule has 23 heavy (non-hydrogen) atoms. The van der Waals surface area contributed by atoms with E-state index in [4.69, 9.17) is 10.7 Å². The highest BCUT2D eigenvalue weighted by Gasteiger charge is 2.21. The molecule has 0 radical (unpaired) electrons. The Hall–Kier alpha value is -2.02. The molecule has 1 saturated carbocycles. The van der Waals surface area contributed by atoms with Crippen LogP contribution < -0.4 is 11.1 Å². The van der Waals surface area contributed by atoms with Crippen LogP contribution in [0.1, 0.15) is 42.5 Å². The lowest BCUT2D eigenvalue weighted by Crippen LogP contribution is -2.28. The van der Waals surface area contributed by atoms with Crippen LogP contribution in [0.15, 0.2) is 4.99 Å². The molecule has 1 aliphatic rings. The van der Waals surface area contributed by atoms with Crippen LogP contribution in [0, 0.1) is 13.8 Å². The van der Waals surface area contributed by atoms with Crippen molar-refractivity contribution in [1.29, 1.82) is 0 Å². The van der Waals surface area contributed by atoms with Gasteiger partial charge in [-0.1, -0.05) is 0 Å². The van der Waals surface area contributed by atoms with Crippen LogP contribution in [0.5, 0.6) is 0 Å². The van der Waals surface area contributed by atoms with E-state index in [9.17, 15) is 0 Å². The van der Waals surface area contributed by atoms with Gasteiger partial charge in [-0.25, -0.2) is 9.97 Å². The van der Waals surface area contributed by atoms with E-state index in [1.807, 2.05) is 20.8 Å². The number of nitrogens with zero attached hydrogens (tertiary/aromatic N) is 4. The highest BCUT2D eigenvalue weighted by molar-refractivity contribution is 7.15. The Morgan fingerprint density at radius 3 is 2.57 bits per heavy atom. The van der Waals surface area contributed by atoms with Crippen molar-refractivity contribution in [2.24, 2.45) is 4.99 Å². The van der Waals surface area contributed by atoms with Gasteiger partial charge in [-0.3, -0.25) is 4.99 Å². The maximum absolute atomic E-state index is 6.20. The number of thiazole rings is 1. The molecule has 3 N–H and O–H groups in total. The minimum Gasteiger partial charge on any atom is -0.383 e. The molecule has 0 saturated heterocycles. The van der Waals surface area contributed by atoms with Gasteiger partial charge in [0.15, 0.2) is 0 Å². The standard InChI is InChI=1S/C16H22N6S/c1-8-12(15-21-13(9(2)18-4)10(3)23-15)14(17)22-16(19-8)20-11-6-5-7-11/h11H,5-7H2,1-4H3,(H3,17,19,20,22). The van der Waals surface area contributed by atoms with E-state index in [0.29, 0.717) is 17.8 Å². The normalized spacial score (nSPS) is 15.6. The summed E-state index contributed by atoms with van der Waals surface area (Å²) < 4.78 is 0. The molecule has 0 aliphatic heterocycles. The van der Waals surface area contributed by atoms with Gasteiger partial charge in [-0.2, -0.15) is 4.98 Å². The van der Waals surface area contributed by atoms with Gasteiger partial charge in [-0.15, -0.1) is 11.3 Å². The number of hydrogen-bond donors (Lipinski definition) is 2. The Morgan fingerprint density at radius 1 is 1.26 bits per heavy atom. The monoisotopic (exact) mass is 330 g/mol. The number of aryl methyl sites for hydroxylation is 2. The van der Waals surface area contributed by atoms with Gasteiger partial charge in [-0.05, 0) is 40.0 Å². The van der Waals surface area contributed by atoms with E-state index < -0.39 is 0 Å². The van der Waals surface area contributed by atoms with Crippen molar-refractivity contribution in [1.82, 2.24) is 15.0 Å². The second-order valence-corrected chi connectivity index (χ2v) is 7.10. The first-order valence-electron chi connectivity index (χ1n) is 7.81. The average Bonchev–Trinajstić information content (AvgIpc) is 2.83. The zero-order valence-electron chi connectivity index (χ0n) is 14.0. The molecule has 0 aromatic carbocycles. The molecular weight excluding hydrogens is 308 g/mol. The van der Waals surface area contributed by atoms with Crippen LogP contribution >= 0.6 is 11.3 Å². The van der Waals surface area contributed by atoms with Crippen LogP contribution in [0.2, 0.25) is 0 Å². The summed E-state index contributed by atoms with van der Waals surface area (Å²) in [6.45, 7) is 5.96. The number of aromatic nitrogens is 3. The summed E-state index contributed by atoms with van der Waals surface area (Å²) in [6.07, 6.45) is 3.62. The molecule has 6 nitrogen and oxygen atoms in total. The molecular formula is C16H22N6S. The third-order valence-electron chi connectivity index (χ3n) is 4.24. The van der Waals surface area contributed by atoms with Crippen molar-refractivity contribution in [3.63, 3.8) is 0 Å². The molecule has 0 bridgehead atoms. The fraction of sp³-hybridized carbons (Fsp3) is 0.500. The minimum absolute atomic E-state index is 0.478. The fourth-order valence-electron chi connectivity index (χ4n) is 2.60. The predicted molar refractivity (Wildman–Crippen MR) is 96.4 cm³/mol. The third kappa shape index (κ3) is 3.06. The zero-order chi connectivity index (χ0) is 16.6. The van der Waals surface area contributed by atoms with Crippen molar-refractivity contribution in [2.45, 2.75) is 46.1 Å². The second kappa shape index (κ2) is 6.23. The first-order valence-corrected chi connectivity index (χ1v) is 8.63. The topological polar surface area (TPSA) is 89.1 Å². The smallest absolute Gasteiger partial charge is 0.225 e. The molecule has 3 rings (SSSR count). The van der Waals surface area contributed by atoms with E-state index in [1.54, 1.807) is 18.4 Å². The van der Waals surface area contributed by atoms with Crippen LogP contribution in [0.4, 0.5) is 11.8 Å². The lowest BCUT2D eigenvalue weighted by Gasteiger charge is -2.26. The molecule has 1 aliphatic carbocycles. The number of nitrogens with two attached hydrogens (primary N) is 1. The lowest BCUT2D eigenvalue weighted by atomic mass is 9.93. The van der Waals surface area contributed by atoms with Gasteiger partial charge >= 0.3 is 0 Å². The molecule has 122 valence electrons. The Kier molecular flexibility index (Phi) is 4.30. The summed E-state index contributed by atoms with van der Waals surface area (Å²) in [5.41, 5.74) is 9.72. The van der Waals surface area contributed by atoms with E-state index in [2.05, 4.69) is 20.3 Å². The first-order chi connectivity index (χ1) is 11.0.